The number of benzene rings is 1. The van der Waals surface area contributed by atoms with E-state index in [1.165, 1.54) is 23.0 Å². The van der Waals surface area contributed by atoms with Gasteiger partial charge in [0.15, 0.2) is 10.8 Å². The number of H-pyrrole nitrogens is 1. The van der Waals surface area contributed by atoms with E-state index in [2.05, 4.69) is 20.0 Å². The summed E-state index contributed by atoms with van der Waals surface area (Å²) in [5.41, 5.74) is 1.24. The van der Waals surface area contributed by atoms with E-state index in [-0.39, 0.29) is 16.4 Å². The minimum absolute atomic E-state index is 0.0618. The molecule has 0 saturated heterocycles. The Morgan fingerprint density at radius 2 is 2.08 bits per heavy atom. The third-order valence-electron chi connectivity index (χ3n) is 4.40. The first kappa shape index (κ1) is 16.8. The van der Waals surface area contributed by atoms with Gasteiger partial charge in [-0.3, -0.25) is 14.5 Å². The van der Waals surface area contributed by atoms with Crippen molar-refractivity contribution in [2.24, 2.45) is 5.92 Å². The number of sulfonamides is 1. The van der Waals surface area contributed by atoms with Crippen molar-refractivity contribution in [3.05, 3.63) is 48.0 Å². The molecule has 2 N–H and O–H groups in total. The third-order valence-corrected chi connectivity index (χ3v) is 5.76. The van der Waals surface area contributed by atoms with Crippen molar-refractivity contribution in [1.82, 2.24) is 20.0 Å². The lowest BCUT2D eigenvalue weighted by atomic mass is 10.1. The second-order valence-corrected chi connectivity index (χ2v) is 8.08. The number of halogens is 1. The highest BCUT2D eigenvalue weighted by atomic mass is 32.2. The topological polar surface area (TPSA) is 92.7 Å². The summed E-state index contributed by atoms with van der Waals surface area (Å²) >= 11 is 0. The molecule has 0 bridgehead atoms. The van der Waals surface area contributed by atoms with Crippen molar-refractivity contribution in [1.29, 1.82) is 0 Å². The van der Waals surface area contributed by atoms with Gasteiger partial charge in [0.05, 0.1) is 11.8 Å². The molecule has 7 nitrogen and oxygen atoms in total. The Bertz CT molecular complexity index is 1050. The highest BCUT2D eigenvalue weighted by Gasteiger charge is 2.28. The van der Waals surface area contributed by atoms with Crippen molar-refractivity contribution in [3.63, 3.8) is 0 Å². The number of rotatable bonds is 6. The maximum Gasteiger partial charge on any atom is 0.280 e. The minimum atomic E-state index is -3.90. The molecule has 0 atom stereocenters. The highest BCUT2D eigenvalue weighted by Crippen LogP contribution is 2.33. The van der Waals surface area contributed by atoms with Gasteiger partial charge in [0.25, 0.3) is 10.0 Å². The molecular weight excluding hydrogens is 357 g/mol. The van der Waals surface area contributed by atoms with Gasteiger partial charge in [-0.25, -0.2) is 4.39 Å². The molecule has 0 unspecified atom stereocenters. The summed E-state index contributed by atoms with van der Waals surface area (Å²) in [5.74, 6) is 0.0912. The molecule has 2 heterocycles. The van der Waals surface area contributed by atoms with E-state index in [4.69, 9.17) is 0 Å². The summed E-state index contributed by atoms with van der Waals surface area (Å²) in [4.78, 5) is 0. The zero-order chi connectivity index (χ0) is 18.3. The Kier molecular flexibility index (Phi) is 4.03. The number of hydrogen-bond acceptors (Lipinski definition) is 4. The van der Waals surface area contributed by atoms with Crippen LogP contribution in [0.15, 0.2) is 41.6 Å². The van der Waals surface area contributed by atoms with E-state index in [9.17, 15) is 12.8 Å². The molecule has 136 valence electrons. The summed E-state index contributed by atoms with van der Waals surface area (Å²) in [5, 5.41) is 10.9. The maximum atomic E-state index is 14.2. The van der Waals surface area contributed by atoms with E-state index in [1.807, 2.05) is 0 Å². The van der Waals surface area contributed by atoms with E-state index < -0.39 is 15.8 Å². The van der Waals surface area contributed by atoms with Crippen molar-refractivity contribution < 1.29 is 12.8 Å². The molecule has 3 aromatic rings. The van der Waals surface area contributed by atoms with Gasteiger partial charge in [0, 0.05) is 17.8 Å². The zero-order valence-corrected chi connectivity index (χ0v) is 14.9. The lowest BCUT2D eigenvalue weighted by Gasteiger charge is -2.10. The standard InChI is InChI=1S/C17H18FN5O2S/c1-11-16(13-4-2-3-5-14(13)18)17(21-20-11)22-26(24,25)15-8-9-19-23(15)10-12-6-7-12/h2-5,8-9,12H,6-7,10H2,1H3,(H2,20,21,22). The van der Waals surface area contributed by atoms with Crippen LogP contribution in [0.5, 0.6) is 0 Å². The van der Waals surface area contributed by atoms with Crippen LogP contribution in [0.3, 0.4) is 0 Å². The van der Waals surface area contributed by atoms with Crippen LogP contribution < -0.4 is 4.72 Å². The number of hydrogen-bond donors (Lipinski definition) is 2. The smallest absolute Gasteiger partial charge is 0.280 e. The zero-order valence-electron chi connectivity index (χ0n) is 14.1. The van der Waals surface area contributed by atoms with Crippen LogP contribution in [0, 0.1) is 18.7 Å². The Balaban J connectivity index is 1.70. The van der Waals surface area contributed by atoms with Crippen LogP contribution in [0.2, 0.25) is 0 Å². The second kappa shape index (κ2) is 6.24. The molecule has 1 aliphatic carbocycles. The fourth-order valence-electron chi connectivity index (χ4n) is 2.91. The van der Waals surface area contributed by atoms with Crippen LogP contribution in [0.4, 0.5) is 10.2 Å². The molecule has 0 aliphatic heterocycles. The Hall–Kier alpha value is -2.68. The lowest BCUT2D eigenvalue weighted by molar-refractivity contribution is 0.508. The van der Waals surface area contributed by atoms with Crippen molar-refractivity contribution >= 4 is 15.8 Å². The van der Waals surface area contributed by atoms with E-state index in [0.717, 1.165) is 12.8 Å². The van der Waals surface area contributed by atoms with Crippen molar-refractivity contribution in [2.45, 2.75) is 31.3 Å². The SMILES string of the molecule is Cc1[nH]nc(NS(=O)(=O)c2ccnn2CC2CC2)c1-c1ccccc1F. The Morgan fingerprint density at radius 1 is 1.31 bits per heavy atom. The average molecular weight is 375 g/mol. The van der Waals surface area contributed by atoms with Crippen LogP contribution in [-0.2, 0) is 16.6 Å². The first-order valence-corrected chi connectivity index (χ1v) is 9.78. The van der Waals surface area contributed by atoms with E-state index in [0.29, 0.717) is 23.7 Å². The van der Waals surface area contributed by atoms with E-state index in [1.54, 1.807) is 25.1 Å². The quantitative estimate of drug-likeness (QED) is 0.693. The summed E-state index contributed by atoms with van der Waals surface area (Å²) in [6.45, 7) is 2.28. The van der Waals surface area contributed by atoms with Gasteiger partial charge in [-0.05, 0) is 37.8 Å². The summed E-state index contributed by atoms with van der Waals surface area (Å²) in [6, 6.07) is 7.63. The van der Waals surface area contributed by atoms with Gasteiger partial charge in [-0.1, -0.05) is 18.2 Å². The number of aromatic amines is 1. The molecule has 1 aliphatic rings. The molecule has 26 heavy (non-hydrogen) atoms. The Labute approximate surface area is 150 Å². The van der Waals surface area contributed by atoms with Gasteiger partial charge in [-0.15, -0.1) is 0 Å². The third kappa shape index (κ3) is 3.10. The first-order valence-electron chi connectivity index (χ1n) is 8.30. The molecule has 0 radical (unpaired) electrons. The maximum absolute atomic E-state index is 14.2. The molecular formula is C17H18FN5O2S. The predicted octanol–water partition coefficient (Wildman–Crippen LogP) is 2.93. The normalized spacial score (nSPS) is 14.5. The van der Waals surface area contributed by atoms with Crippen LogP contribution >= 0.6 is 0 Å². The fourth-order valence-corrected chi connectivity index (χ4v) is 4.05. The van der Waals surface area contributed by atoms with Crippen LogP contribution in [0.25, 0.3) is 11.1 Å². The van der Waals surface area contributed by atoms with Gasteiger partial charge in [0.1, 0.15) is 5.82 Å². The molecule has 0 spiro atoms. The summed E-state index contributed by atoms with van der Waals surface area (Å²) < 4.78 is 43.8. The van der Waals surface area contributed by atoms with Gasteiger partial charge >= 0.3 is 0 Å². The van der Waals surface area contributed by atoms with Crippen molar-refractivity contribution in [2.75, 3.05) is 4.72 Å². The predicted molar refractivity (Wildman–Crippen MR) is 94.5 cm³/mol. The largest absolute Gasteiger partial charge is 0.280 e. The number of nitrogens with zero attached hydrogens (tertiary/aromatic N) is 3. The molecule has 1 saturated carbocycles. The van der Waals surface area contributed by atoms with Gasteiger partial charge in [-0.2, -0.15) is 18.6 Å². The van der Waals surface area contributed by atoms with Gasteiger partial charge < -0.3 is 0 Å². The number of nitrogens with one attached hydrogen (secondary N) is 2. The number of aromatic nitrogens is 4. The van der Waals surface area contributed by atoms with Crippen LogP contribution in [0.1, 0.15) is 18.5 Å². The molecule has 9 heteroatoms. The highest BCUT2D eigenvalue weighted by molar-refractivity contribution is 7.92. The molecule has 2 aromatic heterocycles. The first-order chi connectivity index (χ1) is 12.5. The molecule has 1 fully saturated rings. The number of aryl methyl sites for hydroxylation is 1. The average Bonchev–Trinajstić information content (AvgIpc) is 3.15. The second-order valence-electron chi connectivity index (χ2n) is 6.45. The summed E-state index contributed by atoms with van der Waals surface area (Å²) in [7, 11) is -3.90. The van der Waals surface area contributed by atoms with E-state index >= 15 is 0 Å². The van der Waals surface area contributed by atoms with Gasteiger partial charge in [0.2, 0.25) is 0 Å². The minimum Gasteiger partial charge on any atom is -0.280 e. The molecule has 0 amide bonds. The number of anilines is 1. The monoisotopic (exact) mass is 375 g/mol. The lowest BCUT2D eigenvalue weighted by Crippen LogP contribution is -2.19. The van der Waals surface area contributed by atoms with Crippen molar-refractivity contribution in [3.8, 4) is 11.1 Å². The Morgan fingerprint density at radius 3 is 2.81 bits per heavy atom. The molecule has 1 aromatic carbocycles. The molecule has 4 rings (SSSR count). The summed E-state index contributed by atoms with van der Waals surface area (Å²) in [6.07, 6.45) is 3.63. The van der Waals surface area contributed by atoms with Crippen LogP contribution in [-0.4, -0.2) is 28.4 Å². The fraction of sp³-hybridized carbons (Fsp3) is 0.294.